The predicted molar refractivity (Wildman–Crippen MR) is 155 cm³/mol. The Labute approximate surface area is 234 Å². The molecule has 0 N–H and O–H groups in total. The Bertz CT molecular complexity index is 576. The van der Waals surface area contributed by atoms with Crippen LogP contribution in [-0.4, -0.2) is 36.7 Å². The lowest BCUT2D eigenvalue weighted by Gasteiger charge is -2.20. The number of carbonyl (C=O) groups is 3. The van der Waals surface area contributed by atoms with Gasteiger partial charge in [0.15, 0.2) is 0 Å². The molecule has 0 aromatic heterocycles. The zero-order chi connectivity index (χ0) is 28.3. The average molecular weight is 541 g/mol. The Hall–Kier alpha value is -1.59. The van der Waals surface area contributed by atoms with Crippen molar-refractivity contribution in [2.24, 2.45) is 0 Å². The quantitative estimate of drug-likeness (QED) is 0.0587. The van der Waals surface area contributed by atoms with Gasteiger partial charge in [-0.3, -0.25) is 14.4 Å². The summed E-state index contributed by atoms with van der Waals surface area (Å²) in [6.07, 6.45) is 20.0. The number of carbonyl (C=O) groups excluding carboxylic acids is 3. The van der Waals surface area contributed by atoms with E-state index in [4.69, 9.17) is 14.2 Å². The summed E-state index contributed by atoms with van der Waals surface area (Å²) in [5, 5.41) is 0. The lowest BCUT2D eigenvalue weighted by molar-refractivity contribution is -0.153. The molecule has 0 radical (unpaired) electrons. The second-order valence-electron chi connectivity index (χ2n) is 10.8. The third-order valence-corrected chi connectivity index (χ3v) is 6.91. The Morgan fingerprint density at radius 1 is 0.500 bits per heavy atom. The summed E-state index contributed by atoms with van der Waals surface area (Å²) < 4.78 is 16.8. The van der Waals surface area contributed by atoms with Crippen molar-refractivity contribution in [3.63, 3.8) is 0 Å². The highest BCUT2D eigenvalue weighted by atomic mass is 16.6. The molecule has 0 bridgehead atoms. The summed E-state index contributed by atoms with van der Waals surface area (Å²) in [4.78, 5) is 36.6. The van der Waals surface area contributed by atoms with Gasteiger partial charge in [0.1, 0.15) is 6.10 Å². The summed E-state index contributed by atoms with van der Waals surface area (Å²) >= 11 is 0. The maximum Gasteiger partial charge on any atom is 0.306 e. The van der Waals surface area contributed by atoms with Gasteiger partial charge in [0.25, 0.3) is 0 Å². The Balaban J connectivity index is 4.42. The number of unbranched alkanes of at least 4 members (excludes halogenated alkanes) is 12. The van der Waals surface area contributed by atoms with Crippen LogP contribution in [0.15, 0.2) is 0 Å². The zero-order valence-corrected chi connectivity index (χ0v) is 25.4. The van der Waals surface area contributed by atoms with Crippen molar-refractivity contribution in [2.75, 3.05) is 6.61 Å². The largest absolute Gasteiger partial charge is 0.466 e. The van der Waals surface area contributed by atoms with Crippen LogP contribution in [0.2, 0.25) is 0 Å². The molecule has 0 aliphatic carbocycles. The first-order valence-electron chi connectivity index (χ1n) is 16.0. The van der Waals surface area contributed by atoms with E-state index in [2.05, 4.69) is 20.8 Å². The number of hydrogen-bond acceptors (Lipinski definition) is 6. The highest BCUT2D eigenvalue weighted by Crippen LogP contribution is 2.17. The molecule has 2 atom stereocenters. The lowest BCUT2D eigenvalue weighted by atomic mass is 10.1. The predicted octanol–water partition coefficient (Wildman–Crippen LogP) is 9.02. The van der Waals surface area contributed by atoms with Crippen molar-refractivity contribution >= 4 is 17.9 Å². The molecular weight excluding hydrogens is 480 g/mol. The Kier molecular flexibility index (Phi) is 25.9. The van der Waals surface area contributed by atoms with Crippen molar-refractivity contribution in [3.8, 4) is 0 Å². The summed E-state index contributed by atoms with van der Waals surface area (Å²) in [5.74, 6) is -0.444. The minimum absolute atomic E-state index is 0.141. The van der Waals surface area contributed by atoms with Gasteiger partial charge in [-0.15, -0.1) is 0 Å². The topological polar surface area (TPSA) is 78.9 Å². The molecule has 0 aliphatic rings. The van der Waals surface area contributed by atoms with E-state index in [1.165, 1.54) is 51.4 Å². The lowest BCUT2D eigenvalue weighted by Crippen LogP contribution is -2.22. The van der Waals surface area contributed by atoms with Gasteiger partial charge in [0, 0.05) is 19.3 Å². The van der Waals surface area contributed by atoms with Crippen molar-refractivity contribution < 1.29 is 28.6 Å². The standard InChI is InChI=1S/C32H60O6/c1-5-8-11-14-17-22-30(33)36-27-20-21-29(38-32(35)24-19-16-13-10-7-3)26-25-28(4)37-31(34)23-18-15-12-9-6-2/h28-29H,5-27H2,1-4H3. The fraction of sp³-hybridized carbons (Fsp3) is 0.906. The molecule has 0 aromatic carbocycles. The van der Waals surface area contributed by atoms with E-state index >= 15 is 0 Å². The van der Waals surface area contributed by atoms with Crippen LogP contribution >= 0.6 is 0 Å². The first kappa shape index (κ1) is 36.4. The van der Waals surface area contributed by atoms with Gasteiger partial charge >= 0.3 is 17.9 Å². The molecular formula is C32H60O6. The normalized spacial score (nSPS) is 12.6. The first-order valence-corrected chi connectivity index (χ1v) is 16.0. The van der Waals surface area contributed by atoms with E-state index in [9.17, 15) is 14.4 Å². The highest BCUT2D eigenvalue weighted by Gasteiger charge is 2.18. The Morgan fingerprint density at radius 3 is 1.45 bits per heavy atom. The molecule has 0 amide bonds. The summed E-state index contributed by atoms with van der Waals surface area (Å²) in [7, 11) is 0. The zero-order valence-electron chi connectivity index (χ0n) is 25.4. The van der Waals surface area contributed by atoms with Crippen LogP contribution < -0.4 is 0 Å². The van der Waals surface area contributed by atoms with Gasteiger partial charge in [-0.05, 0) is 51.9 Å². The third kappa shape index (κ3) is 24.7. The summed E-state index contributed by atoms with van der Waals surface area (Å²) in [6.45, 7) is 8.79. The molecule has 0 rings (SSSR count). The molecule has 0 heterocycles. The summed E-state index contributed by atoms with van der Waals surface area (Å²) in [5.41, 5.74) is 0. The van der Waals surface area contributed by atoms with Crippen LogP contribution in [-0.2, 0) is 28.6 Å². The van der Waals surface area contributed by atoms with E-state index < -0.39 is 0 Å². The number of ether oxygens (including phenoxy) is 3. The van der Waals surface area contributed by atoms with E-state index in [1.54, 1.807) is 0 Å². The number of esters is 3. The molecule has 0 saturated carbocycles. The summed E-state index contributed by atoms with van der Waals surface area (Å²) in [6, 6.07) is 0. The molecule has 2 unspecified atom stereocenters. The first-order chi connectivity index (χ1) is 18.4. The molecule has 0 aromatic rings. The van der Waals surface area contributed by atoms with Crippen LogP contribution in [0, 0.1) is 0 Å². The molecule has 6 nitrogen and oxygen atoms in total. The molecule has 224 valence electrons. The van der Waals surface area contributed by atoms with Crippen LogP contribution in [0.3, 0.4) is 0 Å². The molecule has 38 heavy (non-hydrogen) atoms. The third-order valence-electron chi connectivity index (χ3n) is 6.91. The average Bonchev–Trinajstić information content (AvgIpc) is 2.89. The molecule has 6 heteroatoms. The van der Waals surface area contributed by atoms with Crippen molar-refractivity contribution in [1.29, 1.82) is 0 Å². The van der Waals surface area contributed by atoms with E-state index in [0.29, 0.717) is 51.6 Å². The fourth-order valence-corrected chi connectivity index (χ4v) is 4.46. The van der Waals surface area contributed by atoms with Gasteiger partial charge < -0.3 is 14.2 Å². The number of hydrogen-bond donors (Lipinski definition) is 0. The number of rotatable bonds is 27. The minimum Gasteiger partial charge on any atom is -0.466 e. The van der Waals surface area contributed by atoms with Crippen molar-refractivity contribution in [2.45, 2.75) is 181 Å². The van der Waals surface area contributed by atoms with E-state index in [1.807, 2.05) is 6.92 Å². The maximum atomic E-state index is 12.4. The maximum absolute atomic E-state index is 12.4. The van der Waals surface area contributed by atoms with Crippen LogP contribution in [0.25, 0.3) is 0 Å². The van der Waals surface area contributed by atoms with Crippen LogP contribution in [0.1, 0.15) is 169 Å². The minimum atomic E-state index is -0.249. The smallest absolute Gasteiger partial charge is 0.306 e. The second kappa shape index (κ2) is 27.0. The molecule has 0 aliphatic heterocycles. The van der Waals surface area contributed by atoms with Gasteiger partial charge in [-0.1, -0.05) is 97.8 Å². The Morgan fingerprint density at radius 2 is 0.947 bits per heavy atom. The van der Waals surface area contributed by atoms with E-state index in [-0.39, 0.29) is 30.1 Å². The second-order valence-corrected chi connectivity index (χ2v) is 10.8. The van der Waals surface area contributed by atoms with Crippen molar-refractivity contribution in [1.82, 2.24) is 0 Å². The van der Waals surface area contributed by atoms with Gasteiger partial charge in [0.2, 0.25) is 0 Å². The van der Waals surface area contributed by atoms with Crippen molar-refractivity contribution in [3.05, 3.63) is 0 Å². The highest BCUT2D eigenvalue weighted by molar-refractivity contribution is 5.70. The van der Waals surface area contributed by atoms with Gasteiger partial charge in [0.05, 0.1) is 12.7 Å². The van der Waals surface area contributed by atoms with Crippen LogP contribution in [0.4, 0.5) is 0 Å². The monoisotopic (exact) mass is 540 g/mol. The van der Waals surface area contributed by atoms with Gasteiger partial charge in [-0.2, -0.15) is 0 Å². The molecule has 0 saturated heterocycles. The SMILES string of the molecule is CCCCCCCC(=O)OCCCC(CCC(C)OC(=O)CCCCCCC)OC(=O)CCCCCCC. The van der Waals surface area contributed by atoms with Crippen LogP contribution in [0.5, 0.6) is 0 Å². The van der Waals surface area contributed by atoms with E-state index in [0.717, 1.165) is 44.9 Å². The molecule has 0 fully saturated rings. The fourth-order valence-electron chi connectivity index (χ4n) is 4.46. The molecule has 0 spiro atoms. The van der Waals surface area contributed by atoms with Gasteiger partial charge in [-0.25, -0.2) is 0 Å².